The SMILES string of the molecule is CC1(C)c2ccccc2-c2cc(-c3nc(Cl)nc(-c4cccc(-c5cccc6ccccc56)c4)n3)ccc21. The maximum Gasteiger partial charge on any atom is 0.226 e. The number of benzene rings is 5. The van der Waals surface area contributed by atoms with E-state index in [0.29, 0.717) is 11.6 Å². The van der Waals surface area contributed by atoms with Gasteiger partial charge in [-0.25, -0.2) is 4.98 Å². The van der Waals surface area contributed by atoms with Crippen LogP contribution >= 0.6 is 11.6 Å². The third kappa shape index (κ3) is 3.62. The van der Waals surface area contributed by atoms with E-state index in [-0.39, 0.29) is 10.7 Å². The molecule has 0 radical (unpaired) electrons. The molecule has 1 aliphatic rings. The van der Waals surface area contributed by atoms with E-state index >= 15 is 0 Å². The van der Waals surface area contributed by atoms with Crippen LogP contribution in [0.15, 0.2) is 109 Å². The first-order valence-corrected chi connectivity index (χ1v) is 13.1. The average Bonchev–Trinajstić information content (AvgIpc) is 3.18. The van der Waals surface area contributed by atoms with Crippen molar-refractivity contribution in [3.63, 3.8) is 0 Å². The molecule has 1 aliphatic carbocycles. The van der Waals surface area contributed by atoms with Crippen molar-refractivity contribution < 1.29 is 0 Å². The number of fused-ring (bicyclic) bond motifs is 4. The Labute approximate surface area is 226 Å². The third-order valence-electron chi connectivity index (χ3n) is 7.67. The Bertz CT molecular complexity index is 1870. The topological polar surface area (TPSA) is 38.7 Å². The molecule has 4 heteroatoms. The highest BCUT2D eigenvalue weighted by molar-refractivity contribution is 6.28. The fraction of sp³-hybridized carbons (Fsp3) is 0.0882. The van der Waals surface area contributed by atoms with Crippen LogP contribution in [0.5, 0.6) is 0 Å². The Kier molecular flexibility index (Phi) is 5.17. The normalized spacial score (nSPS) is 13.3. The summed E-state index contributed by atoms with van der Waals surface area (Å²) in [7, 11) is 0. The summed E-state index contributed by atoms with van der Waals surface area (Å²) in [5.74, 6) is 1.13. The molecule has 0 saturated carbocycles. The van der Waals surface area contributed by atoms with Gasteiger partial charge in [-0.15, -0.1) is 0 Å². The van der Waals surface area contributed by atoms with Gasteiger partial charge >= 0.3 is 0 Å². The number of hydrogen-bond acceptors (Lipinski definition) is 3. The number of hydrogen-bond donors (Lipinski definition) is 0. The molecule has 0 atom stereocenters. The second-order valence-corrected chi connectivity index (χ2v) is 10.6. The molecule has 0 fully saturated rings. The fourth-order valence-corrected chi connectivity index (χ4v) is 5.93. The number of halogens is 1. The third-order valence-corrected chi connectivity index (χ3v) is 7.84. The molecule has 38 heavy (non-hydrogen) atoms. The highest BCUT2D eigenvalue weighted by Gasteiger charge is 2.35. The second kappa shape index (κ2) is 8.61. The van der Waals surface area contributed by atoms with Gasteiger partial charge in [0.2, 0.25) is 5.28 Å². The summed E-state index contributed by atoms with van der Waals surface area (Å²) in [5, 5.41) is 2.60. The summed E-state index contributed by atoms with van der Waals surface area (Å²) < 4.78 is 0. The van der Waals surface area contributed by atoms with Crippen molar-refractivity contribution >= 4 is 22.4 Å². The van der Waals surface area contributed by atoms with Gasteiger partial charge in [0, 0.05) is 16.5 Å². The van der Waals surface area contributed by atoms with Crippen molar-refractivity contribution in [1.82, 2.24) is 15.0 Å². The van der Waals surface area contributed by atoms with Crippen molar-refractivity contribution in [3.8, 4) is 45.0 Å². The molecule has 5 aromatic carbocycles. The van der Waals surface area contributed by atoms with Crippen LogP contribution in [0.3, 0.4) is 0 Å². The molecule has 1 aromatic heterocycles. The summed E-state index contributed by atoms with van der Waals surface area (Å²) in [6.07, 6.45) is 0. The zero-order valence-electron chi connectivity index (χ0n) is 21.1. The van der Waals surface area contributed by atoms with Gasteiger partial charge in [0.1, 0.15) is 0 Å². The highest BCUT2D eigenvalue weighted by Crippen LogP contribution is 2.49. The Morgan fingerprint density at radius 1 is 0.526 bits per heavy atom. The number of rotatable bonds is 3. The molecular weight excluding hydrogens is 486 g/mol. The summed E-state index contributed by atoms with van der Waals surface area (Å²) >= 11 is 6.47. The maximum absolute atomic E-state index is 6.47. The molecule has 182 valence electrons. The molecular formula is C34H24ClN3. The molecule has 0 spiro atoms. The zero-order chi connectivity index (χ0) is 25.9. The van der Waals surface area contributed by atoms with Gasteiger partial charge in [0.15, 0.2) is 11.6 Å². The Morgan fingerprint density at radius 2 is 1.16 bits per heavy atom. The quantitative estimate of drug-likeness (QED) is 0.239. The van der Waals surface area contributed by atoms with Gasteiger partial charge in [-0.1, -0.05) is 111 Å². The van der Waals surface area contributed by atoms with Gasteiger partial charge in [-0.2, -0.15) is 9.97 Å². The predicted octanol–water partition coefficient (Wildman–Crippen LogP) is 8.99. The second-order valence-electron chi connectivity index (χ2n) is 10.3. The predicted molar refractivity (Wildman–Crippen MR) is 156 cm³/mol. The van der Waals surface area contributed by atoms with E-state index in [1.165, 1.54) is 38.6 Å². The van der Waals surface area contributed by atoms with E-state index in [9.17, 15) is 0 Å². The molecule has 0 bridgehead atoms. The lowest BCUT2D eigenvalue weighted by molar-refractivity contribution is 0.660. The molecule has 0 unspecified atom stereocenters. The summed E-state index contributed by atoms with van der Waals surface area (Å²) in [6, 6.07) is 38.2. The molecule has 0 aliphatic heterocycles. The Morgan fingerprint density at radius 3 is 2.03 bits per heavy atom. The van der Waals surface area contributed by atoms with Crippen molar-refractivity contribution in [2.45, 2.75) is 19.3 Å². The van der Waals surface area contributed by atoms with E-state index in [1.807, 2.05) is 12.1 Å². The summed E-state index contributed by atoms with van der Waals surface area (Å²) in [5.41, 5.74) is 9.18. The van der Waals surface area contributed by atoms with E-state index in [2.05, 4.69) is 121 Å². The highest BCUT2D eigenvalue weighted by atomic mass is 35.5. The van der Waals surface area contributed by atoms with Crippen LogP contribution in [0.2, 0.25) is 5.28 Å². The summed E-state index contributed by atoms with van der Waals surface area (Å²) in [4.78, 5) is 13.9. The lowest BCUT2D eigenvalue weighted by Crippen LogP contribution is -2.14. The molecule has 6 aromatic rings. The largest absolute Gasteiger partial charge is 0.226 e. The van der Waals surface area contributed by atoms with Crippen molar-refractivity contribution in [2.24, 2.45) is 0 Å². The Balaban J connectivity index is 1.33. The van der Waals surface area contributed by atoms with Crippen molar-refractivity contribution in [3.05, 3.63) is 126 Å². The van der Waals surface area contributed by atoms with Gasteiger partial charge < -0.3 is 0 Å². The minimum absolute atomic E-state index is 0.0472. The van der Waals surface area contributed by atoms with Crippen LogP contribution in [0.4, 0.5) is 0 Å². The van der Waals surface area contributed by atoms with Crippen LogP contribution in [0.1, 0.15) is 25.0 Å². The number of nitrogens with zero attached hydrogens (tertiary/aromatic N) is 3. The van der Waals surface area contributed by atoms with Gasteiger partial charge in [0.25, 0.3) is 0 Å². The lowest BCUT2D eigenvalue weighted by Gasteiger charge is -2.21. The van der Waals surface area contributed by atoms with Gasteiger partial charge in [-0.05, 0) is 67.9 Å². The standard InChI is InChI=1S/C34H24ClN3/c1-34(2)29-16-6-5-14-27(29)28-20-24(17-18-30(28)34)32-36-31(37-33(35)38-32)23-12-7-11-22(19-23)26-15-8-10-21-9-3-4-13-25(21)26/h3-20H,1-2H3. The van der Waals surface area contributed by atoms with Crippen LogP contribution in [0.25, 0.3) is 55.8 Å². The van der Waals surface area contributed by atoms with Gasteiger partial charge in [-0.3, -0.25) is 0 Å². The molecule has 1 heterocycles. The smallest absolute Gasteiger partial charge is 0.208 e. The minimum atomic E-state index is -0.0472. The van der Waals surface area contributed by atoms with Crippen molar-refractivity contribution in [2.75, 3.05) is 0 Å². The van der Waals surface area contributed by atoms with Gasteiger partial charge in [0.05, 0.1) is 0 Å². The Hall–Kier alpha value is -4.34. The number of aromatic nitrogens is 3. The first kappa shape index (κ1) is 22.8. The van der Waals surface area contributed by atoms with Crippen LogP contribution < -0.4 is 0 Å². The molecule has 7 rings (SSSR count). The van der Waals surface area contributed by atoms with Crippen LogP contribution in [0, 0.1) is 0 Å². The minimum Gasteiger partial charge on any atom is -0.208 e. The van der Waals surface area contributed by atoms with E-state index in [1.54, 1.807) is 0 Å². The van der Waals surface area contributed by atoms with Crippen LogP contribution in [-0.4, -0.2) is 15.0 Å². The van der Waals surface area contributed by atoms with Crippen molar-refractivity contribution in [1.29, 1.82) is 0 Å². The first-order valence-electron chi connectivity index (χ1n) is 12.7. The van der Waals surface area contributed by atoms with E-state index in [0.717, 1.165) is 16.7 Å². The lowest BCUT2D eigenvalue weighted by atomic mass is 9.82. The first-order chi connectivity index (χ1) is 18.5. The van der Waals surface area contributed by atoms with E-state index < -0.39 is 0 Å². The molecule has 0 amide bonds. The molecule has 3 nitrogen and oxygen atoms in total. The maximum atomic E-state index is 6.47. The molecule has 0 saturated heterocycles. The van der Waals surface area contributed by atoms with E-state index in [4.69, 9.17) is 16.6 Å². The summed E-state index contributed by atoms with van der Waals surface area (Å²) in [6.45, 7) is 4.55. The average molecular weight is 510 g/mol. The zero-order valence-corrected chi connectivity index (χ0v) is 21.9. The molecule has 0 N–H and O–H groups in total. The van der Waals surface area contributed by atoms with Crippen LogP contribution in [-0.2, 0) is 5.41 Å². The fourth-order valence-electron chi connectivity index (χ4n) is 5.77. The monoisotopic (exact) mass is 509 g/mol.